The molecule has 0 bridgehead atoms. The number of aromatic nitrogens is 3. The number of ether oxygens (including phenoxy) is 2. The molecule has 1 fully saturated rings. The highest BCUT2D eigenvalue weighted by Crippen LogP contribution is 2.30. The van der Waals surface area contributed by atoms with E-state index in [1.54, 1.807) is 0 Å². The van der Waals surface area contributed by atoms with E-state index >= 15 is 0 Å². The van der Waals surface area contributed by atoms with E-state index in [9.17, 15) is 4.79 Å². The van der Waals surface area contributed by atoms with Gasteiger partial charge < -0.3 is 19.9 Å². The first kappa shape index (κ1) is 20.5. The number of aryl methyl sites for hydroxylation is 1. The SMILES string of the molecule is Cc1cc2c(Nc3ncc(C(=O)O)s3)ncnc2cc1OCCCN1CCOCC1. The van der Waals surface area contributed by atoms with Crippen molar-refractivity contribution in [1.82, 2.24) is 19.9 Å². The Kier molecular flexibility index (Phi) is 6.36. The number of carboxylic acids is 1. The van der Waals surface area contributed by atoms with Crippen molar-refractivity contribution < 1.29 is 19.4 Å². The normalized spacial score (nSPS) is 14.7. The molecule has 9 nitrogen and oxygen atoms in total. The van der Waals surface area contributed by atoms with E-state index in [4.69, 9.17) is 14.6 Å². The second-order valence-corrected chi connectivity index (χ2v) is 8.00. The van der Waals surface area contributed by atoms with E-state index in [0.717, 1.165) is 72.8 Å². The predicted octanol–water partition coefficient (Wildman–Crippen LogP) is 2.94. The Hall–Kier alpha value is -2.82. The van der Waals surface area contributed by atoms with E-state index in [-0.39, 0.29) is 4.88 Å². The molecule has 1 aliphatic rings. The van der Waals surface area contributed by atoms with Gasteiger partial charge in [-0.05, 0) is 25.0 Å². The van der Waals surface area contributed by atoms with Gasteiger partial charge in [-0.3, -0.25) is 4.90 Å². The van der Waals surface area contributed by atoms with Gasteiger partial charge in [-0.2, -0.15) is 0 Å². The minimum atomic E-state index is -1.00. The van der Waals surface area contributed by atoms with Crippen molar-refractivity contribution >= 4 is 39.2 Å². The maximum Gasteiger partial charge on any atom is 0.347 e. The van der Waals surface area contributed by atoms with Crippen LogP contribution in [0.2, 0.25) is 0 Å². The number of rotatable bonds is 8. The molecule has 3 heterocycles. The zero-order valence-electron chi connectivity index (χ0n) is 16.6. The van der Waals surface area contributed by atoms with E-state index in [1.165, 1.54) is 12.5 Å². The highest BCUT2D eigenvalue weighted by Gasteiger charge is 2.13. The van der Waals surface area contributed by atoms with Crippen LogP contribution in [0.15, 0.2) is 24.7 Å². The van der Waals surface area contributed by atoms with Crippen LogP contribution in [0.4, 0.5) is 10.9 Å². The Morgan fingerprint density at radius 2 is 2.13 bits per heavy atom. The van der Waals surface area contributed by atoms with Crippen LogP contribution in [0.3, 0.4) is 0 Å². The molecule has 0 atom stereocenters. The average Bonchev–Trinajstić information content (AvgIpc) is 3.22. The van der Waals surface area contributed by atoms with Gasteiger partial charge in [0, 0.05) is 31.1 Å². The smallest absolute Gasteiger partial charge is 0.347 e. The van der Waals surface area contributed by atoms with Crippen LogP contribution in [0.5, 0.6) is 5.75 Å². The van der Waals surface area contributed by atoms with E-state index in [0.29, 0.717) is 17.6 Å². The first-order valence-electron chi connectivity index (χ1n) is 9.74. The molecule has 2 N–H and O–H groups in total. The summed E-state index contributed by atoms with van der Waals surface area (Å²) in [6, 6.07) is 3.89. The summed E-state index contributed by atoms with van der Waals surface area (Å²) in [6.45, 7) is 7.19. The van der Waals surface area contributed by atoms with Gasteiger partial charge in [0.25, 0.3) is 0 Å². The summed E-state index contributed by atoms with van der Waals surface area (Å²) in [4.78, 5) is 26.4. The van der Waals surface area contributed by atoms with Gasteiger partial charge in [-0.15, -0.1) is 0 Å². The summed E-state index contributed by atoms with van der Waals surface area (Å²) in [5.41, 5.74) is 1.73. The zero-order valence-corrected chi connectivity index (χ0v) is 17.4. The molecule has 1 saturated heterocycles. The highest BCUT2D eigenvalue weighted by molar-refractivity contribution is 7.17. The third-order valence-electron chi connectivity index (χ3n) is 4.85. The van der Waals surface area contributed by atoms with Gasteiger partial charge in [0.2, 0.25) is 0 Å². The Morgan fingerprint density at radius 1 is 1.30 bits per heavy atom. The monoisotopic (exact) mass is 429 g/mol. The van der Waals surface area contributed by atoms with Gasteiger partial charge in [-0.25, -0.2) is 19.7 Å². The number of carboxylic acid groups (broad SMARTS) is 1. The topological polar surface area (TPSA) is 110 Å². The van der Waals surface area contributed by atoms with E-state index in [1.807, 2.05) is 19.1 Å². The van der Waals surface area contributed by atoms with Crippen molar-refractivity contribution in [2.24, 2.45) is 0 Å². The molecule has 10 heteroatoms. The lowest BCUT2D eigenvalue weighted by Crippen LogP contribution is -2.37. The average molecular weight is 430 g/mol. The Bertz CT molecular complexity index is 1040. The Labute approximate surface area is 177 Å². The van der Waals surface area contributed by atoms with Crippen LogP contribution in [-0.4, -0.2) is 70.4 Å². The van der Waals surface area contributed by atoms with Crippen LogP contribution < -0.4 is 10.1 Å². The summed E-state index contributed by atoms with van der Waals surface area (Å²) in [5.74, 6) is 0.379. The first-order valence-corrected chi connectivity index (χ1v) is 10.6. The summed E-state index contributed by atoms with van der Waals surface area (Å²) in [6.07, 6.45) is 3.74. The maximum atomic E-state index is 11.1. The lowest BCUT2D eigenvalue weighted by molar-refractivity contribution is 0.0358. The third kappa shape index (κ3) is 4.84. The lowest BCUT2D eigenvalue weighted by atomic mass is 10.1. The summed E-state index contributed by atoms with van der Waals surface area (Å²) >= 11 is 1.06. The molecular formula is C20H23N5O4S. The molecule has 0 radical (unpaired) electrons. The number of benzene rings is 1. The van der Waals surface area contributed by atoms with Gasteiger partial charge in [-0.1, -0.05) is 11.3 Å². The van der Waals surface area contributed by atoms with Crippen LogP contribution in [0.25, 0.3) is 10.9 Å². The second kappa shape index (κ2) is 9.33. The first-order chi connectivity index (χ1) is 14.6. The number of nitrogens with one attached hydrogen (secondary N) is 1. The number of aromatic carboxylic acids is 1. The molecule has 4 rings (SSSR count). The molecule has 158 valence electrons. The predicted molar refractivity (Wildman–Crippen MR) is 114 cm³/mol. The Balaban J connectivity index is 1.43. The lowest BCUT2D eigenvalue weighted by Gasteiger charge is -2.26. The van der Waals surface area contributed by atoms with Crippen LogP contribution in [0, 0.1) is 6.92 Å². The third-order valence-corrected chi connectivity index (χ3v) is 5.75. The molecule has 3 aromatic rings. The fourth-order valence-electron chi connectivity index (χ4n) is 3.27. The molecule has 1 aliphatic heterocycles. The number of thiazole rings is 1. The molecule has 0 saturated carbocycles. The van der Waals surface area contributed by atoms with Crippen LogP contribution in [0.1, 0.15) is 21.7 Å². The number of nitrogens with zero attached hydrogens (tertiary/aromatic N) is 4. The number of fused-ring (bicyclic) bond motifs is 1. The van der Waals surface area contributed by atoms with Crippen molar-refractivity contribution in [2.75, 3.05) is 44.8 Å². The van der Waals surface area contributed by atoms with Crippen molar-refractivity contribution in [3.63, 3.8) is 0 Å². The molecule has 1 aromatic carbocycles. The van der Waals surface area contributed by atoms with Crippen LogP contribution >= 0.6 is 11.3 Å². The van der Waals surface area contributed by atoms with Gasteiger partial charge in [0.15, 0.2) is 5.13 Å². The van der Waals surface area contributed by atoms with Gasteiger partial charge in [0.05, 0.1) is 31.5 Å². The molecule has 0 spiro atoms. The molecule has 0 amide bonds. The molecule has 30 heavy (non-hydrogen) atoms. The van der Waals surface area contributed by atoms with Crippen molar-refractivity contribution in [1.29, 1.82) is 0 Å². The molecular weight excluding hydrogens is 406 g/mol. The minimum absolute atomic E-state index is 0.166. The molecule has 2 aromatic heterocycles. The minimum Gasteiger partial charge on any atom is -0.493 e. The fraction of sp³-hybridized carbons (Fsp3) is 0.400. The summed E-state index contributed by atoms with van der Waals surface area (Å²) in [5, 5.41) is 13.4. The zero-order chi connectivity index (χ0) is 20.9. The number of morpholine rings is 1. The van der Waals surface area contributed by atoms with Crippen LogP contribution in [-0.2, 0) is 4.74 Å². The van der Waals surface area contributed by atoms with Gasteiger partial charge >= 0.3 is 5.97 Å². The number of carbonyl (C=O) groups is 1. The van der Waals surface area contributed by atoms with Crippen molar-refractivity contribution in [2.45, 2.75) is 13.3 Å². The van der Waals surface area contributed by atoms with E-state index < -0.39 is 5.97 Å². The number of hydrogen-bond donors (Lipinski definition) is 2. The van der Waals surface area contributed by atoms with Gasteiger partial charge in [0.1, 0.15) is 22.8 Å². The standard InChI is InChI=1S/C20H23N5O4S/c1-13-9-14-15(10-16(13)29-6-2-3-25-4-7-28-8-5-25)22-12-23-18(14)24-20-21-11-17(30-20)19(26)27/h9-12H,2-8H2,1H3,(H,26,27)(H,21,22,23,24). The van der Waals surface area contributed by atoms with Crippen molar-refractivity contribution in [3.05, 3.63) is 35.1 Å². The Morgan fingerprint density at radius 3 is 2.90 bits per heavy atom. The fourth-order valence-corrected chi connectivity index (χ4v) is 3.93. The quantitative estimate of drug-likeness (QED) is 0.522. The highest BCUT2D eigenvalue weighted by atomic mass is 32.1. The number of anilines is 2. The maximum absolute atomic E-state index is 11.1. The van der Waals surface area contributed by atoms with E-state index in [2.05, 4.69) is 25.2 Å². The summed E-state index contributed by atoms with van der Waals surface area (Å²) in [7, 11) is 0. The number of hydrogen-bond acceptors (Lipinski definition) is 9. The summed E-state index contributed by atoms with van der Waals surface area (Å²) < 4.78 is 11.4. The second-order valence-electron chi connectivity index (χ2n) is 6.97. The van der Waals surface area contributed by atoms with Crippen molar-refractivity contribution in [3.8, 4) is 5.75 Å². The largest absolute Gasteiger partial charge is 0.493 e. The molecule has 0 unspecified atom stereocenters. The molecule has 0 aliphatic carbocycles.